The Hall–Kier alpha value is -3.35. The van der Waals surface area contributed by atoms with Crippen molar-refractivity contribution < 1.29 is 24.2 Å². The normalized spacial score (nSPS) is 13.7. The van der Waals surface area contributed by atoms with E-state index in [0.717, 1.165) is 22.3 Å². The molecule has 3 N–H and O–H groups in total. The van der Waals surface area contributed by atoms with Gasteiger partial charge in [0.2, 0.25) is 5.91 Å². The Balaban J connectivity index is 1.52. The van der Waals surface area contributed by atoms with E-state index in [9.17, 15) is 19.5 Å². The number of aliphatic carboxylic acids is 1. The summed E-state index contributed by atoms with van der Waals surface area (Å²) in [6.07, 6.45) is -0.106. The smallest absolute Gasteiger partial charge is 0.407 e. The lowest BCUT2D eigenvalue weighted by Gasteiger charge is -2.26. The molecule has 0 heterocycles. The maximum Gasteiger partial charge on any atom is 0.407 e. The van der Waals surface area contributed by atoms with Crippen LogP contribution < -0.4 is 10.6 Å². The Bertz CT molecular complexity index is 1000. The van der Waals surface area contributed by atoms with E-state index in [1.165, 1.54) is 0 Å². The number of benzene rings is 2. The molecule has 182 valence electrons. The van der Waals surface area contributed by atoms with E-state index in [0.29, 0.717) is 6.42 Å². The molecular weight excluding hydrogens is 432 g/mol. The number of rotatable bonds is 10. The van der Waals surface area contributed by atoms with Crippen LogP contribution in [0.5, 0.6) is 0 Å². The van der Waals surface area contributed by atoms with Gasteiger partial charge in [-0.1, -0.05) is 62.4 Å². The molecule has 7 heteroatoms. The number of hydrogen-bond donors (Lipinski definition) is 3. The summed E-state index contributed by atoms with van der Waals surface area (Å²) in [7, 11) is 0. The fourth-order valence-electron chi connectivity index (χ4n) is 4.50. The minimum atomic E-state index is -0.926. The molecule has 3 rings (SSSR count). The lowest BCUT2D eigenvalue weighted by molar-refractivity contribution is -0.142. The number of hydrogen-bond acceptors (Lipinski definition) is 4. The largest absolute Gasteiger partial charge is 0.481 e. The lowest BCUT2D eigenvalue weighted by Crippen LogP contribution is -2.47. The second-order valence-corrected chi connectivity index (χ2v) is 9.98. The quantitative estimate of drug-likeness (QED) is 0.476. The summed E-state index contributed by atoms with van der Waals surface area (Å²) in [6, 6.07) is 16.2. The van der Waals surface area contributed by atoms with Crippen molar-refractivity contribution in [3.63, 3.8) is 0 Å². The molecule has 0 saturated carbocycles. The molecule has 0 radical (unpaired) electrons. The highest BCUT2D eigenvalue weighted by molar-refractivity contribution is 5.80. The van der Waals surface area contributed by atoms with Crippen molar-refractivity contribution in [1.29, 1.82) is 0 Å². The van der Waals surface area contributed by atoms with Gasteiger partial charge in [0.1, 0.15) is 6.61 Å². The monoisotopic (exact) mass is 466 g/mol. The molecule has 2 aromatic rings. The highest BCUT2D eigenvalue weighted by atomic mass is 16.5. The standard InChI is InChI=1S/C27H34N2O5/c1-17(2)13-18(25(31)32)15-28-24(30)14-27(3,4)29-26(33)34-16-23-21-11-7-5-9-19(21)20-10-6-8-12-22(20)23/h5-12,17-18,23H,13-16H2,1-4H3,(H,28,30)(H,29,33)(H,31,32). The van der Waals surface area contributed by atoms with Crippen LogP contribution in [0.2, 0.25) is 0 Å². The van der Waals surface area contributed by atoms with Gasteiger partial charge in [0.05, 0.1) is 5.92 Å². The van der Waals surface area contributed by atoms with Crippen LogP contribution in [0.15, 0.2) is 48.5 Å². The van der Waals surface area contributed by atoms with Gasteiger partial charge in [-0.05, 0) is 48.4 Å². The molecule has 1 aliphatic rings. The number of alkyl carbamates (subject to hydrolysis) is 1. The second kappa shape index (κ2) is 10.7. The molecule has 7 nitrogen and oxygen atoms in total. The van der Waals surface area contributed by atoms with Gasteiger partial charge >= 0.3 is 12.1 Å². The Morgan fingerprint density at radius 2 is 1.56 bits per heavy atom. The van der Waals surface area contributed by atoms with Crippen molar-refractivity contribution in [2.24, 2.45) is 11.8 Å². The summed E-state index contributed by atoms with van der Waals surface area (Å²) in [5.41, 5.74) is 3.71. The van der Waals surface area contributed by atoms with Gasteiger partial charge in [0, 0.05) is 24.4 Å². The average molecular weight is 467 g/mol. The lowest BCUT2D eigenvalue weighted by atomic mass is 9.96. The number of carboxylic acid groups (broad SMARTS) is 1. The van der Waals surface area contributed by atoms with Gasteiger partial charge in [-0.2, -0.15) is 0 Å². The number of nitrogens with one attached hydrogen (secondary N) is 2. The van der Waals surface area contributed by atoms with E-state index < -0.39 is 23.5 Å². The van der Waals surface area contributed by atoms with Crippen LogP contribution in [-0.4, -0.2) is 41.8 Å². The molecule has 1 atom stereocenters. The predicted molar refractivity (Wildman–Crippen MR) is 130 cm³/mol. The van der Waals surface area contributed by atoms with Gasteiger partial charge in [-0.3, -0.25) is 9.59 Å². The van der Waals surface area contributed by atoms with Crippen molar-refractivity contribution in [3.8, 4) is 11.1 Å². The first-order chi connectivity index (χ1) is 16.1. The maximum atomic E-state index is 12.6. The second-order valence-electron chi connectivity index (χ2n) is 9.98. The zero-order chi connectivity index (χ0) is 24.9. The van der Waals surface area contributed by atoms with Crippen LogP contribution in [-0.2, 0) is 14.3 Å². The van der Waals surface area contributed by atoms with Crippen molar-refractivity contribution in [3.05, 3.63) is 59.7 Å². The first kappa shape index (κ1) is 25.3. The predicted octanol–water partition coefficient (Wildman–Crippen LogP) is 4.56. The highest BCUT2D eigenvalue weighted by Crippen LogP contribution is 2.44. The maximum absolute atomic E-state index is 12.6. The van der Waals surface area contributed by atoms with Crippen LogP contribution in [0.1, 0.15) is 57.6 Å². The van der Waals surface area contributed by atoms with Gasteiger partial charge in [-0.25, -0.2) is 4.79 Å². The van der Waals surface area contributed by atoms with Crippen LogP contribution in [0.25, 0.3) is 11.1 Å². The average Bonchev–Trinajstić information content (AvgIpc) is 3.08. The van der Waals surface area contributed by atoms with E-state index in [-0.39, 0.29) is 37.3 Å². The number of carbonyl (C=O) groups is 3. The molecule has 34 heavy (non-hydrogen) atoms. The zero-order valence-electron chi connectivity index (χ0n) is 20.3. The molecule has 2 aromatic carbocycles. The third kappa shape index (κ3) is 6.37. The fourth-order valence-corrected chi connectivity index (χ4v) is 4.50. The number of ether oxygens (including phenoxy) is 1. The van der Waals surface area contributed by atoms with Crippen LogP contribution in [0, 0.1) is 11.8 Å². The molecule has 0 aliphatic heterocycles. The molecule has 0 aromatic heterocycles. The summed E-state index contributed by atoms with van der Waals surface area (Å²) in [5, 5.41) is 14.8. The van der Waals surface area contributed by atoms with Crippen molar-refractivity contribution >= 4 is 18.0 Å². The molecule has 0 fully saturated rings. The summed E-state index contributed by atoms with van der Waals surface area (Å²) in [4.78, 5) is 36.3. The minimum Gasteiger partial charge on any atom is -0.481 e. The van der Waals surface area contributed by atoms with Crippen LogP contribution in [0.3, 0.4) is 0 Å². The van der Waals surface area contributed by atoms with Gasteiger partial charge in [0.25, 0.3) is 0 Å². The Labute approximate surface area is 200 Å². The molecule has 1 unspecified atom stereocenters. The topological polar surface area (TPSA) is 105 Å². The summed E-state index contributed by atoms with van der Waals surface area (Å²) in [6.45, 7) is 7.61. The summed E-state index contributed by atoms with van der Waals surface area (Å²) >= 11 is 0. The first-order valence-corrected chi connectivity index (χ1v) is 11.7. The van der Waals surface area contributed by atoms with Gasteiger partial charge in [-0.15, -0.1) is 0 Å². The van der Waals surface area contributed by atoms with Gasteiger partial charge in [0.15, 0.2) is 0 Å². The molecule has 1 aliphatic carbocycles. The number of carbonyl (C=O) groups excluding carboxylic acids is 2. The van der Waals surface area contributed by atoms with Crippen LogP contribution >= 0.6 is 0 Å². The number of carboxylic acids is 1. The minimum absolute atomic E-state index is 0.00517. The van der Waals surface area contributed by atoms with E-state index in [2.05, 4.69) is 34.9 Å². The molecule has 0 bridgehead atoms. The van der Waals surface area contributed by atoms with E-state index in [1.807, 2.05) is 38.1 Å². The Morgan fingerprint density at radius 1 is 1.00 bits per heavy atom. The number of fused-ring (bicyclic) bond motifs is 3. The van der Waals surface area contributed by atoms with E-state index >= 15 is 0 Å². The third-order valence-corrected chi connectivity index (χ3v) is 6.04. The first-order valence-electron chi connectivity index (χ1n) is 11.7. The fraction of sp³-hybridized carbons (Fsp3) is 0.444. The Morgan fingerprint density at radius 3 is 2.09 bits per heavy atom. The third-order valence-electron chi connectivity index (χ3n) is 6.04. The molecule has 0 saturated heterocycles. The van der Waals surface area contributed by atoms with Crippen molar-refractivity contribution in [2.45, 2.75) is 52.0 Å². The summed E-state index contributed by atoms with van der Waals surface area (Å²) < 4.78 is 5.57. The number of amides is 2. The SMILES string of the molecule is CC(C)CC(CNC(=O)CC(C)(C)NC(=O)OCC1c2ccccc2-c2ccccc21)C(=O)O. The molecular formula is C27H34N2O5. The zero-order valence-corrected chi connectivity index (χ0v) is 20.3. The van der Waals surface area contributed by atoms with Crippen molar-refractivity contribution in [2.75, 3.05) is 13.2 Å². The van der Waals surface area contributed by atoms with Crippen molar-refractivity contribution in [1.82, 2.24) is 10.6 Å². The highest BCUT2D eigenvalue weighted by Gasteiger charge is 2.30. The van der Waals surface area contributed by atoms with E-state index in [4.69, 9.17) is 4.74 Å². The summed E-state index contributed by atoms with van der Waals surface area (Å²) in [5.74, 6) is -1.71. The van der Waals surface area contributed by atoms with E-state index in [1.54, 1.807) is 13.8 Å². The Kier molecular flexibility index (Phi) is 7.97. The molecule has 2 amide bonds. The molecule has 0 spiro atoms. The van der Waals surface area contributed by atoms with Crippen LogP contribution in [0.4, 0.5) is 4.79 Å². The van der Waals surface area contributed by atoms with Gasteiger partial charge < -0.3 is 20.5 Å².